The van der Waals surface area contributed by atoms with E-state index in [4.69, 9.17) is 4.98 Å². The number of nitrogens with one attached hydrogen (secondary N) is 1. The zero-order valence-corrected chi connectivity index (χ0v) is 31.1. The van der Waals surface area contributed by atoms with Crippen molar-refractivity contribution in [2.45, 2.75) is 44.7 Å². The number of halogens is 3. The molecule has 1 amide bonds. The Kier molecular flexibility index (Phi) is 9.96. The third-order valence-corrected chi connectivity index (χ3v) is 10.4. The maximum absolute atomic E-state index is 12.5. The molecule has 6 aromatic rings. The van der Waals surface area contributed by atoms with Crippen molar-refractivity contribution in [3.05, 3.63) is 84.2 Å². The Morgan fingerprint density at radius 3 is 1.59 bits per heavy atom. The van der Waals surface area contributed by atoms with Crippen molar-refractivity contribution in [3.8, 4) is 0 Å². The molecular weight excluding hydrogens is 697 g/mol. The van der Waals surface area contributed by atoms with Crippen LogP contribution in [0.1, 0.15) is 48.2 Å². The third-order valence-electron chi connectivity index (χ3n) is 10.4. The van der Waals surface area contributed by atoms with Gasteiger partial charge in [-0.15, -0.1) is 0 Å². The number of pyridine rings is 4. The lowest BCUT2D eigenvalue weighted by molar-refractivity contribution is -0.189. The molecule has 2 aliphatic rings. The number of carbonyl (C=O) groups is 1. The van der Waals surface area contributed by atoms with Crippen molar-refractivity contribution >= 4 is 51.0 Å². The van der Waals surface area contributed by atoms with E-state index in [0.717, 1.165) is 81.5 Å². The Bertz CT molecular complexity index is 2310. The zero-order valence-electron chi connectivity index (χ0n) is 31.1. The molecule has 0 radical (unpaired) electrons. The molecule has 0 aromatic carbocycles. The summed E-state index contributed by atoms with van der Waals surface area (Å²) in [6.07, 6.45) is 7.67. The van der Waals surface area contributed by atoms with Crippen LogP contribution in [-0.2, 0) is 31.7 Å². The highest BCUT2D eigenvalue weighted by molar-refractivity contribution is 5.83. The third kappa shape index (κ3) is 7.05. The molecule has 13 nitrogen and oxygen atoms in total. The summed E-state index contributed by atoms with van der Waals surface area (Å²) >= 11 is 0. The minimum absolute atomic E-state index is 0.0302. The number of anilines is 4. The first-order chi connectivity index (χ1) is 25.9. The number of alkyl halides is 3. The van der Waals surface area contributed by atoms with Crippen LogP contribution < -0.4 is 15.1 Å². The normalized spacial score (nSPS) is 14.8. The van der Waals surface area contributed by atoms with Crippen molar-refractivity contribution in [1.82, 2.24) is 49.3 Å². The minimum atomic E-state index is -4.83. The second kappa shape index (κ2) is 14.6. The monoisotopic (exact) mass is 740 g/mol. The fraction of sp³-hybridized carbons (Fsp3) is 0.395. The number of likely N-dealkylation sites (tertiary alicyclic amines) is 1. The molecule has 2 aliphatic heterocycles. The highest BCUT2D eigenvalue weighted by Gasteiger charge is 2.47. The lowest BCUT2D eigenvalue weighted by Crippen LogP contribution is -2.53. The Morgan fingerprint density at radius 2 is 1.19 bits per heavy atom. The molecular formula is C38H43F3N12O. The molecule has 54 heavy (non-hydrogen) atoms. The number of hydrogen-bond donors (Lipinski definition) is 1. The van der Waals surface area contributed by atoms with Crippen LogP contribution in [0.3, 0.4) is 0 Å². The van der Waals surface area contributed by atoms with E-state index < -0.39 is 12.1 Å². The highest BCUT2D eigenvalue weighted by Crippen LogP contribution is 2.34. The summed E-state index contributed by atoms with van der Waals surface area (Å²) in [6.45, 7) is 6.32. The van der Waals surface area contributed by atoms with Crippen LogP contribution in [0.5, 0.6) is 0 Å². The number of hydrogen-bond acceptors (Lipinski definition) is 10. The van der Waals surface area contributed by atoms with E-state index in [1.807, 2.05) is 80.0 Å². The van der Waals surface area contributed by atoms with Crippen LogP contribution in [-0.4, -0.2) is 96.3 Å². The topological polar surface area (TPSA) is 126 Å². The highest BCUT2D eigenvalue weighted by atomic mass is 19.4. The maximum Gasteiger partial charge on any atom is 0.471 e. The van der Waals surface area contributed by atoms with E-state index in [9.17, 15) is 18.0 Å². The molecule has 282 valence electrons. The predicted octanol–water partition coefficient (Wildman–Crippen LogP) is 5.56. The van der Waals surface area contributed by atoms with E-state index >= 15 is 0 Å². The van der Waals surface area contributed by atoms with Gasteiger partial charge in [-0.2, -0.15) is 13.2 Å². The minimum Gasteiger partial charge on any atom is -0.334 e. The van der Waals surface area contributed by atoms with Gasteiger partial charge in [-0.25, -0.2) is 19.9 Å². The van der Waals surface area contributed by atoms with Gasteiger partial charge in [0.05, 0.1) is 59.9 Å². The van der Waals surface area contributed by atoms with Gasteiger partial charge >= 0.3 is 12.1 Å². The number of carbonyl (C=O) groups excluding carboxylic acids is 1. The fourth-order valence-electron chi connectivity index (χ4n) is 6.80. The molecule has 16 heteroatoms. The molecule has 0 atom stereocenters. The molecule has 0 spiro atoms. The van der Waals surface area contributed by atoms with Crippen LogP contribution in [0.25, 0.3) is 22.1 Å². The lowest BCUT2D eigenvalue weighted by Gasteiger charge is -2.39. The van der Waals surface area contributed by atoms with Gasteiger partial charge in [-0.05, 0) is 36.1 Å². The molecule has 1 N–H and O–H groups in total. The summed E-state index contributed by atoms with van der Waals surface area (Å²) in [4.78, 5) is 43.0. The Labute approximate surface area is 310 Å². The van der Waals surface area contributed by atoms with Crippen LogP contribution in [0.4, 0.5) is 36.2 Å². The molecule has 2 fully saturated rings. The van der Waals surface area contributed by atoms with E-state index in [0.29, 0.717) is 11.6 Å². The molecule has 8 rings (SSSR count). The van der Waals surface area contributed by atoms with Gasteiger partial charge in [0, 0.05) is 89.7 Å². The Balaban J connectivity index is 0.000000171. The van der Waals surface area contributed by atoms with Crippen molar-refractivity contribution in [2.75, 3.05) is 50.1 Å². The van der Waals surface area contributed by atoms with E-state index in [1.165, 1.54) is 11.3 Å². The zero-order chi connectivity index (χ0) is 38.3. The summed E-state index contributed by atoms with van der Waals surface area (Å²) in [5.74, 6) is 0.215. The quantitative estimate of drug-likeness (QED) is 0.212. The molecule has 0 bridgehead atoms. The van der Waals surface area contributed by atoms with Gasteiger partial charge < -0.3 is 29.2 Å². The second-order valence-electron chi connectivity index (χ2n) is 13.8. The Hall–Kier alpha value is -5.64. The standard InChI is InChI=1S/C20H21F3N6O.C18H22N6/c1-4-12-5-14(13-9-29(10-13)19(30)20(21,22)23)24-8-17(12)28(3)18-6-16-15(7-25-18)26-11-27(16)2;1-4-12-5-14(13-7-19-8-13)20-10-17(12)24(3)18-6-16-15(9-21-18)22-11-23(16)2/h5-8,11,13H,4,9-10H2,1-3H3;5-6,9-11,13,19H,4,7-8H2,1-3H3. The van der Waals surface area contributed by atoms with E-state index in [1.54, 1.807) is 18.7 Å². The van der Waals surface area contributed by atoms with Crippen molar-refractivity contribution in [3.63, 3.8) is 0 Å². The number of nitrogens with zero attached hydrogens (tertiary/aromatic N) is 11. The van der Waals surface area contributed by atoms with Crippen molar-refractivity contribution in [1.29, 1.82) is 0 Å². The summed E-state index contributed by atoms with van der Waals surface area (Å²) in [5, 5.41) is 3.31. The largest absolute Gasteiger partial charge is 0.471 e. The van der Waals surface area contributed by atoms with Gasteiger partial charge in [0.15, 0.2) is 0 Å². The van der Waals surface area contributed by atoms with E-state index in [-0.39, 0.29) is 19.0 Å². The second-order valence-corrected chi connectivity index (χ2v) is 13.8. The van der Waals surface area contributed by atoms with Crippen LogP contribution in [0.15, 0.2) is 61.7 Å². The van der Waals surface area contributed by atoms with Crippen LogP contribution in [0, 0.1) is 0 Å². The summed E-state index contributed by atoms with van der Waals surface area (Å²) < 4.78 is 41.6. The first-order valence-electron chi connectivity index (χ1n) is 17.9. The van der Waals surface area contributed by atoms with Gasteiger partial charge in [-0.1, -0.05) is 13.8 Å². The molecule has 8 heterocycles. The summed E-state index contributed by atoms with van der Waals surface area (Å²) in [7, 11) is 7.86. The first-order valence-corrected chi connectivity index (χ1v) is 17.9. The van der Waals surface area contributed by atoms with Crippen molar-refractivity contribution in [2.24, 2.45) is 14.1 Å². The smallest absolute Gasteiger partial charge is 0.334 e. The molecule has 0 unspecified atom stereocenters. The molecule has 0 saturated carbocycles. The van der Waals surface area contributed by atoms with Gasteiger partial charge in [0.2, 0.25) is 0 Å². The number of rotatable bonds is 8. The van der Waals surface area contributed by atoms with Gasteiger partial charge in [-0.3, -0.25) is 14.8 Å². The number of amides is 1. The van der Waals surface area contributed by atoms with Crippen LogP contribution in [0.2, 0.25) is 0 Å². The molecule has 6 aromatic heterocycles. The maximum atomic E-state index is 12.5. The van der Waals surface area contributed by atoms with Gasteiger partial charge in [0.25, 0.3) is 0 Å². The SMILES string of the molecule is CCc1cc(C2CN(C(=O)C(F)(F)F)C2)ncc1N(C)c1cc2c(cn1)ncn2C.CCc1cc(C2CNC2)ncc1N(C)c1cc2c(cn1)ncn2C. The average molecular weight is 741 g/mol. The Morgan fingerprint density at radius 1 is 0.722 bits per heavy atom. The predicted molar refractivity (Wildman–Crippen MR) is 201 cm³/mol. The lowest BCUT2D eigenvalue weighted by atomic mass is 9.94. The van der Waals surface area contributed by atoms with Crippen LogP contribution >= 0.6 is 0 Å². The van der Waals surface area contributed by atoms with Gasteiger partial charge in [0.1, 0.15) is 22.7 Å². The molecule has 0 aliphatic carbocycles. The summed E-state index contributed by atoms with van der Waals surface area (Å²) in [6, 6.07) is 8.18. The van der Waals surface area contributed by atoms with E-state index in [2.05, 4.69) is 54.2 Å². The molecule has 2 saturated heterocycles. The average Bonchev–Trinajstić information content (AvgIpc) is 3.70. The summed E-state index contributed by atoms with van der Waals surface area (Å²) in [5.41, 5.74) is 9.95. The number of imidazole rings is 2. The fourth-order valence-corrected chi connectivity index (χ4v) is 6.80. The number of aromatic nitrogens is 8. The van der Waals surface area contributed by atoms with Crippen molar-refractivity contribution < 1.29 is 18.0 Å². The first kappa shape index (κ1) is 36.7. The number of aryl methyl sites for hydroxylation is 4. The number of fused-ring (bicyclic) bond motifs is 2.